The third-order valence-electron chi connectivity index (χ3n) is 1.48. The van der Waals surface area contributed by atoms with E-state index in [1.165, 1.54) is 6.42 Å². The zero-order valence-electron chi connectivity index (χ0n) is 9.69. The monoisotopic (exact) mass is 305 g/mol. The van der Waals surface area contributed by atoms with Gasteiger partial charge in [0.1, 0.15) is 12.4 Å². The van der Waals surface area contributed by atoms with E-state index in [0.717, 1.165) is 10.7 Å². The predicted molar refractivity (Wildman–Crippen MR) is 59.3 cm³/mol. The Morgan fingerprint density at radius 1 is 1.22 bits per heavy atom. The first-order chi connectivity index (χ1) is 8.03. The number of imidazole rings is 1. The minimum atomic E-state index is -5.62. The van der Waals surface area contributed by atoms with Gasteiger partial charge in [0.25, 0.3) is 0 Å². The van der Waals surface area contributed by atoms with Crippen molar-refractivity contribution in [2.45, 2.75) is 19.9 Å². The highest BCUT2D eigenvalue weighted by Gasteiger charge is 2.01. The highest BCUT2D eigenvalue weighted by molar-refractivity contribution is 8.07. The Hall–Kier alpha value is -1.07. The first-order valence-corrected chi connectivity index (χ1v) is 7.36. The second-order valence-electron chi connectivity index (χ2n) is 3.22. The first-order valence-electron chi connectivity index (χ1n) is 4.68. The molecule has 0 unspecified atom stereocenters. The molecule has 1 aromatic heterocycles. The van der Waals surface area contributed by atoms with Gasteiger partial charge in [-0.25, -0.2) is 26.0 Å². The lowest BCUT2D eigenvalue weighted by Gasteiger charge is -2.03. The fourth-order valence-electron chi connectivity index (χ4n) is 0.999. The van der Waals surface area contributed by atoms with Crippen LogP contribution in [0.2, 0.25) is 0 Å². The molecule has 0 radical (unpaired) electrons. The number of nitrogens with zero attached hydrogens (tertiary/aromatic N) is 3. The van der Waals surface area contributed by atoms with Crippen molar-refractivity contribution in [3.8, 4) is 0 Å². The second kappa shape index (κ2) is 6.75. The minimum Gasteiger partial charge on any atom is -0.379 e. The van der Waals surface area contributed by atoms with Crippen molar-refractivity contribution in [2.75, 3.05) is 0 Å². The van der Waals surface area contributed by atoms with Crippen LogP contribution >= 0.6 is 0 Å². The predicted octanol–water partition coefficient (Wildman–Crippen LogP) is 0.511. The average Bonchev–Trinajstić information content (AvgIpc) is 2.46. The van der Waals surface area contributed by atoms with Crippen LogP contribution in [0.1, 0.15) is 13.3 Å². The van der Waals surface area contributed by atoms with Crippen LogP contribution < -0.4 is 4.57 Å². The van der Waals surface area contributed by atoms with Crippen LogP contribution in [0.25, 0.3) is 4.13 Å². The third-order valence-corrected chi connectivity index (χ3v) is 2.91. The Morgan fingerprint density at radius 3 is 1.94 bits per heavy atom. The lowest BCUT2D eigenvalue weighted by Crippen LogP contribution is -2.23. The third kappa shape index (κ3) is 10.1. The number of halogens is 2. The normalized spacial score (nSPS) is 11.8. The average molecular weight is 305 g/mol. The van der Waals surface area contributed by atoms with Gasteiger partial charge >= 0.3 is 0 Å². The Kier molecular flexibility index (Phi) is 6.35. The van der Waals surface area contributed by atoms with E-state index in [4.69, 9.17) is 0 Å². The maximum Gasteiger partial charge on any atom is 0.243 e. The highest BCUT2D eigenvalue weighted by atomic mass is 32.3. The highest BCUT2D eigenvalue weighted by Crippen LogP contribution is 2.11. The summed E-state index contributed by atoms with van der Waals surface area (Å²) in [5, 5.41) is 0. The van der Waals surface area contributed by atoms with Crippen molar-refractivity contribution in [3.05, 3.63) is 22.8 Å². The lowest BCUT2D eigenvalue weighted by molar-refractivity contribution is -0.671. The molecular formula is C7H13F2N3O4S2. The summed E-state index contributed by atoms with van der Waals surface area (Å²) < 4.78 is 64.3. The summed E-state index contributed by atoms with van der Waals surface area (Å²) in [6.45, 7) is 3.31. The van der Waals surface area contributed by atoms with Gasteiger partial charge in [-0.3, -0.25) is 0 Å². The zero-order chi connectivity index (χ0) is 14.4. The molecule has 0 aromatic carbocycles. The minimum absolute atomic E-state index is 1.13. The molecule has 0 saturated carbocycles. The molecule has 7 nitrogen and oxygen atoms in total. The standard InChI is InChI=1S/C7H13N2.F2NO4S2/c1-3-4-9-6-5-8(2)7-9;1-8(4,5)3-9(2,6)7/h5-7H,3-4H2,1-2H3;/q+1;-1. The van der Waals surface area contributed by atoms with Crippen LogP contribution in [0.5, 0.6) is 0 Å². The Balaban J connectivity index is 0.000000321. The van der Waals surface area contributed by atoms with Crippen LogP contribution in [0.15, 0.2) is 18.7 Å². The van der Waals surface area contributed by atoms with Gasteiger partial charge in [0.05, 0.1) is 13.6 Å². The molecule has 0 aliphatic rings. The lowest BCUT2D eigenvalue weighted by atomic mass is 10.5. The van der Waals surface area contributed by atoms with Gasteiger partial charge in [0, 0.05) is 0 Å². The summed E-state index contributed by atoms with van der Waals surface area (Å²) in [7, 11) is -9.21. The van der Waals surface area contributed by atoms with E-state index >= 15 is 0 Å². The van der Waals surface area contributed by atoms with E-state index in [2.05, 4.69) is 34.8 Å². The fourth-order valence-corrected chi connectivity index (χ4v) is 1.85. The fraction of sp³-hybridized carbons (Fsp3) is 0.571. The summed E-state index contributed by atoms with van der Waals surface area (Å²) in [5.74, 6) is 0. The van der Waals surface area contributed by atoms with Crippen LogP contribution in [0.3, 0.4) is 0 Å². The SMILES string of the molecule is CCCn1cc[n+](C)c1.O=S(=O)(F)[N-]S(=O)(=O)F. The van der Waals surface area contributed by atoms with Gasteiger partial charge in [0.15, 0.2) is 0 Å². The van der Waals surface area contributed by atoms with E-state index in [9.17, 15) is 24.6 Å². The molecule has 0 aliphatic heterocycles. The molecule has 1 aromatic rings. The maximum atomic E-state index is 11.1. The molecule has 0 N–H and O–H groups in total. The Bertz CT molecular complexity index is 537. The molecule has 1 rings (SSSR count). The molecule has 0 atom stereocenters. The van der Waals surface area contributed by atoms with Gasteiger partial charge in [0.2, 0.25) is 27.1 Å². The number of hydrogen-bond donors (Lipinski definition) is 0. The van der Waals surface area contributed by atoms with Crippen LogP contribution in [0.4, 0.5) is 7.77 Å². The number of aryl methyl sites for hydroxylation is 2. The second-order valence-corrected chi connectivity index (χ2v) is 5.46. The van der Waals surface area contributed by atoms with Gasteiger partial charge in [-0.05, 0) is 6.42 Å². The molecule has 0 aliphatic carbocycles. The van der Waals surface area contributed by atoms with E-state index < -0.39 is 20.8 Å². The number of rotatable bonds is 4. The quantitative estimate of drug-likeness (QED) is 0.598. The molecule has 0 amide bonds. The van der Waals surface area contributed by atoms with E-state index in [-0.39, 0.29) is 0 Å². The van der Waals surface area contributed by atoms with Gasteiger partial charge in [-0.2, -0.15) is 0 Å². The van der Waals surface area contributed by atoms with Crippen molar-refractivity contribution in [3.63, 3.8) is 0 Å². The van der Waals surface area contributed by atoms with Crippen LogP contribution in [-0.4, -0.2) is 21.4 Å². The van der Waals surface area contributed by atoms with Crippen molar-refractivity contribution in [2.24, 2.45) is 7.05 Å². The van der Waals surface area contributed by atoms with Crippen molar-refractivity contribution < 1.29 is 29.2 Å². The van der Waals surface area contributed by atoms with Crippen molar-refractivity contribution in [1.29, 1.82) is 0 Å². The first kappa shape index (κ1) is 16.9. The number of hydrogen-bond acceptors (Lipinski definition) is 4. The zero-order valence-corrected chi connectivity index (χ0v) is 11.3. The summed E-state index contributed by atoms with van der Waals surface area (Å²) in [4.78, 5) is 0. The summed E-state index contributed by atoms with van der Waals surface area (Å²) in [5.41, 5.74) is 0. The molecular weight excluding hydrogens is 292 g/mol. The molecule has 0 saturated heterocycles. The van der Waals surface area contributed by atoms with E-state index in [1.807, 2.05) is 7.05 Å². The maximum absolute atomic E-state index is 11.1. The Labute approximate surface area is 105 Å². The van der Waals surface area contributed by atoms with Gasteiger partial charge in [-0.1, -0.05) is 6.92 Å². The summed E-state index contributed by atoms with van der Waals surface area (Å²) in [6, 6.07) is 0. The van der Waals surface area contributed by atoms with Crippen molar-refractivity contribution >= 4 is 20.8 Å². The molecule has 106 valence electrons. The molecule has 18 heavy (non-hydrogen) atoms. The molecule has 0 fully saturated rings. The topological polar surface area (TPSA) is 91.2 Å². The van der Waals surface area contributed by atoms with Crippen LogP contribution in [0, 0.1) is 0 Å². The van der Waals surface area contributed by atoms with E-state index in [1.54, 1.807) is 0 Å². The van der Waals surface area contributed by atoms with Crippen molar-refractivity contribution in [1.82, 2.24) is 4.57 Å². The molecule has 11 heteroatoms. The van der Waals surface area contributed by atoms with E-state index in [0.29, 0.717) is 0 Å². The molecule has 1 heterocycles. The summed E-state index contributed by atoms with van der Waals surface area (Å²) in [6.07, 6.45) is 7.43. The van der Waals surface area contributed by atoms with Gasteiger partial charge < -0.3 is 4.13 Å². The molecule has 0 spiro atoms. The largest absolute Gasteiger partial charge is 0.379 e. The van der Waals surface area contributed by atoms with Crippen LogP contribution in [-0.2, 0) is 34.4 Å². The smallest absolute Gasteiger partial charge is 0.243 e. The molecule has 0 bridgehead atoms. The van der Waals surface area contributed by atoms with Gasteiger partial charge in [-0.15, -0.1) is 7.77 Å². The number of aromatic nitrogens is 2. The summed E-state index contributed by atoms with van der Waals surface area (Å²) >= 11 is 0. The Morgan fingerprint density at radius 2 is 1.72 bits per heavy atom.